The Hall–Kier alpha value is 0.986. The van der Waals surface area contributed by atoms with Crippen molar-refractivity contribution in [1.82, 2.24) is 0 Å². The number of hydrogen-bond acceptors (Lipinski definition) is 0. The van der Waals surface area contributed by atoms with Crippen LogP contribution in [0.15, 0.2) is 11.1 Å². The zero-order valence-corrected chi connectivity index (χ0v) is 6.24. The Morgan fingerprint density at radius 3 is 2.50 bits per heavy atom. The van der Waals surface area contributed by atoms with E-state index in [1.165, 1.54) is 19.3 Å². The van der Waals surface area contributed by atoms with Crippen LogP contribution in [0.5, 0.6) is 0 Å². The van der Waals surface area contributed by atoms with Crippen LogP contribution in [0.2, 0.25) is 0 Å². The lowest BCUT2D eigenvalue weighted by molar-refractivity contribution is 0.815. The fourth-order valence-corrected chi connectivity index (χ4v) is 0.649. The molecule has 0 aromatic carbocycles. The van der Waals surface area contributed by atoms with E-state index in [1.807, 2.05) is 4.99 Å². The van der Waals surface area contributed by atoms with Crippen molar-refractivity contribution in [2.75, 3.05) is 0 Å². The van der Waals surface area contributed by atoms with Gasteiger partial charge < -0.3 is 0 Å². The summed E-state index contributed by atoms with van der Waals surface area (Å²) in [5, 5.41) is 0. The molecule has 2 heteroatoms. The third-order valence-corrected chi connectivity index (χ3v) is 1.19. The summed E-state index contributed by atoms with van der Waals surface area (Å²) in [4.78, 5) is 1.92. The highest BCUT2D eigenvalue weighted by Gasteiger charge is 1.73. The maximum Gasteiger partial charge on any atom is 0.316 e. The molecule has 0 atom stereocenters. The fourth-order valence-electron chi connectivity index (χ4n) is 0.385. The third-order valence-electron chi connectivity index (χ3n) is 0.813. The van der Waals surface area contributed by atoms with E-state index in [9.17, 15) is 0 Å². The van der Waals surface area contributed by atoms with Gasteiger partial charge in [-0.05, 0) is 11.4 Å². The molecule has 0 aliphatic heterocycles. The highest BCUT2D eigenvalue weighted by Crippen LogP contribution is 1.95. The molecule has 0 saturated carbocycles. The SMILES string of the molecule is CCCC/C=C/Br.[MgH2]. The van der Waals surface area contributed by atoms with E-state index in [-0.39, 0.29) is 23.1 Å². The van der Waals surface area contributed by atoms with Crippen molar-refractivity contribution in [1.29, 1.82) is 0 Å². The molecule has 0 aromatic heterocycles. The standard InChI is InChI=1S/C6H11Br.Mg.2H/c1-2-3-4-5-6-7;;;/h5-6H,2-4H2,1H3;;;/b6-5+;;;. The van der Waals surface area contributed by atoms with Crippen molar-refractivity contribution in [3.63, 3.8) is 0 Å². The van der Waals surface area contributed by atoms with Gasteiger partial charge in [0.15, 0.2) is 0 Å². The van der Waals surface area contributed by atoms with E-state index < -0.39 is 0 Å². The minimum absolute atomic E-state index is 0. The second-order valence-electron chi connectivity index (χ2n) is 1.50. The van der Waals surface area contributed by atoms with Crippen LogP contribution in [0.25, 0.3) is 0 Å². The van der Waals surface area contributed by atoms with Crippen molar-refractivity contribution in [3.05, 3.63) is 11.1 Å². The first-order chi connectivity index (χ1) is 3.41. The molecule has 0 saturated heterocycles. The molecular weight excluding hydrogens is 176 g/mol. The van der Waals surface area contributed by atoms with Crippen LogP contribution in [0, 0.1) is 0 Å². The van der Waals surface area contributed by atoms with Gasteiger partial charge in [-0.1, -0.05) is 41.8 Å². The maximum absolute atomic E-state index is 3.20. The molecule has 0 radical (unpaired) electrons. The minimum atomic E-state index is 0. The van der Waals surface area contributed by atoms with Gasteiger partial charge in [0.25, 0.3) is 0 Å². The molecule has 0 unspecified atom stereocenters. The van der Waals surface area contributed by atoms with Crippen molar-refractivity contribution in [2.45, 2.75) is 26.2 Å². The molecule has 0 N–H and O–H groups in total. The van der Waals surface area contributed by atoms with Gasteiger partial charge in [-0.15, -0.1) is 0 Å². The predicted octanol–water partition coefficient (Wildman–Crippen LogP) is 2.17. The van der Waals surface area contributed by atoms with E-state index in [0.29, 0.717) is 0 Å². The summed E-state index contributed by atoms with van der Waals surface area (Å²) < 4.78 is 0. The van der Waals surface area contributed by atoms with E-state index in [2.05, 4.69) is 28.9 Å². The molecular formula is C6H13BrMg. The highest BCUT2D eigenvalue weighted by molar-refractivity contribution is 9.11. The van der Waals surface area contributed by atoms with E-state index in [0.717, 1.165) is 0 Å². The first-order valence-electron chi connectivity index (χ1n) is 2.67. The minimum Gasteiger partial charge on any atom is -0.0776 e. The fraction of sp³-hybridized carbons (Fsp3) is 0.667. The van der Waals surface area contributed by atoms with Crippen LogP contribution in [0.1, 0.15) is 26.2 Å². The largest absolute Gasteiger partial charge is 0.316 e. The third kappa shape index (κ3) is 10.1. The number of halogens is 1. The molecule has 0 fully saturated rings. The summed E-state index contributed by atoms with van der Waals surface area (Å²) >= 11 is 3.20. The van der Waals surface area contributed by atoms with Crippen LogP contribution in [0.4, 0.5) is 0 Å². The van der Waals surface area contributed by atoms with E-state index in [4.69, 9.17) is 0 Å². The van der Waals surface area contributed by atoms with Gasteiger partial charge >= 0.3 is 23.1 Å². The summed E-state index contributed by atoms with van der Waals surface area (Å²) in [7, 11) is 0. The molecule has 0 spiro atoms. The lowest BCUT2D eigenvalue weighted by Gasteiger charge is -1.83. The van der Waals surface area contributed by atoms with E-state index in [1.54, 1.807) is 0 Å². The molecule has 0 rings (SSSR count). The average molecular weight is 189 g/mol. The van der Waals surface area contributed by atoms with Crippen LogP contribution in [0.3, 0.4) is 0 Å². The summed E-state index contributed by atoms with van der Waals surface area (Å²) in [5.41, 5.74) is 0. The molecule has 46 valence electrons. The number of hydrogen-bond donors (Lipinski definition) is 0. The van der Waals surface area contributed by atoms with E-state index >= 15 is 0 Å². The summed E-state index contributed by atoms with van der Waals surface area (Å²) in [6.45, 7) is 2.20. The predicted molar refractivity (Wildman–Crippen MR) is 46.1 cm³/mol. The number of allylic oxidation sites excluding steroid dienone is 1. The van der Waals surface area contributed by atoms with Crippen LogP contribution in [-0.4, -0.2) is 23.1 Å². The molecule has 0 heterocycles. The lowest BCUT2D eigenvalue weighted by atomic mass is 10.3. The normalized spacial score (nSPS) is 9.25. The van der Waals surface area contributed by atoms with Crippen molar-refractivity contribution >= 4 is 39.0 Å². The Bertz CT molecular complexity index is 52.5. The zero-order chi connectivity index (χ0) is 5.54. The van der Waals surface area contributed by atoms with Gasteiger partial charge in [-0.25, -0.2) is 0 Å². The Balaban J connectivity index is 0. The van der Waals surface area contributed by atoms with Gasteiger partial charge in [0.2, 0.25) is 0 Å². The van der Waals surface area contributed by atoms with Gasteiger partial charge in [0.05, 0.1) is 0 Å². The monoisotopic (exact) mass is 188 g/mol. The van der Waals surface area contributed by atoms with Crippen LogP contribution < -0.4 is 0 Å². The topological polar surface area (TPSA) is 0 Å². The van der Waals surface area contributed by atoms with Gasteiger partial charge in [0, 0.05) is 0 Å². The van der Waals surface area contributed by atoms with Gasteiger partial charge in [-0.3, -0.25) is 0 Å². The molecule has 0 bridgehead atoms. The second-order valence-corrected chi connectivity index (χ2v) is 2.03. The van der Waals surface area contributed by atoms with Crippen molar-refractivity contribution in [2.24, 2.45) is 0 Å². The Kier molecular flexibility index (Phi) is 16.0. The Labute approximate surface area is 76.0 Å². The highest BCUT2D eigenvalue weighted by atomic mass is 79.9. The average Bonchev–Trinajstić information content (AvgIpc) is 1.69. The summed E-state index contributed by atoms with van der Waals surface area (Å²) in [6.07, 6.45) is 5.94. The summed E-state index contributed by atoms with van der Waals surface area (Å²) in [5.74, 6) is 0. The first-order valence-corrected chi connectivity index (χ1v) is 3.58. The van der Waals surface area contributed by atoms with Crippen LogP contribution in [-0.2, 0) is 0 Å². The molecule has 0 amide bonds. The molecule has 0 nitrogen and oxygen atoms in total. The van der Waals surface area contributed by atoms with Crippen molar-refractivity contribution < 1.29 is 0 Å². The zero-order valence-electron chi connectivity index (χ0n) is 4.65. The second kappa shape index (κ2) is 10.9. The maximum atomic E-state index is 3.20. The molecule has 8 heavy (non-hydrogen) atoms. The molecule has 0 aliphatic carbocycles. The number of rotatable bonds is 3. The Morgan fingerprint density at radius 2 is 2.12 bits per heavy atom. The molecule has 0 aliphatic rings. The smallest absolute Gasteiger partial charge is 0.0776 e. The molecule has 0 aromatic rings. The van der Waals surface area contributed by atoms with Crippen molar-refractivity contribution in [3.8, 4) is 0 Å². The summed E-state index contributed by atoms with van der Waals surface area (Å²) in [6, 6.07) is 0. The first kappa shape index (κ1) is 11.7. The Morgan fingerprint density at radius 1 is 1.50 bits per heavy atom. The quantitative estimate of drug-likeness (QED) is 0.471. The number of unbranched alkanes of at least 4 members (excludes halogenated alkanes) is 2. The van der Waals surface area contributed by atoms with Gasteiger partial charge in [0.1, 0.15) is 0 Å². The lowest BCUT2D eigenvalue weighted by Crippen LogP contribution is -1.62. The van der Waals surface area contributed by atoms with Crippen LogP contribution >= 0.6 is 15.9 Å². The van der Waals surface area contributed by atoms with Gasteiger partial charge in [-0.2, -0.15) is 0 Å².